The normalized spacial score (nSPS) is 14.1. The number of rotatable bonds is 5. The number of nitrogens with zero attached hydrogens (tertiary/aromatic N) is 1. The molecule has 0 saturated carbocycles. The van der Waals surface area contributed by atoms with Crippen molar-refractivity contribution in [3.8, 4) is 33.4 Å². The second-order valence-electron chi connectivity index (χ2n) is 16.0. The zero-order valence-electron chi connectivity index (χ0n) is 32.2. The lowest BCUT2D eigenvalue weighted by Gasteiger charge is -2.47. The first-order chi connectivity index (χ1) is 28.0. The van der Waals surface area contributed by atoms with Gasteiger partial charge in [0.2, 0.25) is 0 Å². The fourth-order valence-electron chi connectivity index (χ4n) is 10.3. The quantitative estimate of drug-likeness (QED) is 0.171. The average Bonchev–Trinajstić information content (AvgIpc) is 3.57. The Hall–Kier alpha value is -6.96. The van der Waals surface area contributed by atoms with Gasteiger partial charge in [-0.1, -0.05) is 196 Å². The van der Waals surface area contributed by atoms with E-state index in [9.17, 15) is 0 Å². The van der Waals surface area contributed by atoms with Crippen molar-refractivity contribution in [2.24, 2.45) is 0 Å². The number of fused-ring (bicyclic) bond motifs is 10. The molecule has 2 aliphatic rings. The Morgan fingerprint density at radius 1 is 0.351 bits per heavy atom. The molecule has 0 fully saturated rings. The summed E-state index contributed by atoms with van der Waals surface area (Å²) < 4.78 is 0. The highest BCUT2D eigenvalue weighted by Crippen LogP contribution is 2.63. The second kappa shape index (κ2) is 12.8. The van der Waals surface area contributed by atoms with Crippen LogP contribution >= 0.6 is 0 Å². The van der Waals surface area contributed by atoms with Gasteiger partial charge in [-0.15, -0.1) is 0 Å². The predicted octanol–water partition coefficient (Wildman–Crippen LogP) is 14.6. The zero-order chi connectivity index (χ0) is 38.1. The van der Waals surface area contributed by atoms with Crippen LogP contribution in [0.4, 0.5) is 17.1 Å². The van der Waals surface area contributed by atoms with Crippen molar-refractivity contribution in [3.63, 3.8) is 0 Å². The van der Waals surface area contributed by atoms with Gasteiger partial charge in [0, 0.05) is 22.2 Å². The van der Waals surface area contributed by atoms with E-state index < -0.39 is 5.41 Å². The van der Waals surface area contributed by atoms with E-state index in [0.29, 0.717) is 0 Å². The monoisotopic (exact) mass is 727 g/mol. The lowest BCUT2D eigenvalue weighted by molar-refractivity contribution is 0.565. The molecule has 57 heavy (non-hydrogen) atoms. The number of hydrogen-bond acceptors (Lipinski definition) is 1. The molecule has 2 aliphatic carbocycles. The second-order valence-corrected chi connectivity index (χ2v) is 16.0. The molecule has 11 rings (SSSR count). The molecule has 0 aromatic heterocycles. The minimum absolute atomic E-state index is 0.265. The van der Waals surface area contributed by atoms with Crippen molar-refractivity contribution < 1.29 is 0 Å². The number of benzene rings is 9. The largest absolute Gasteiger partial charge is 0.310 e. The molecule has 0 bridgehead atoms. The van der Waals surface area contributed by atoms with Crippen molar-refractivity contribution >= 4 is 27.8 Å². The van der Waals surface area contributed by atoms with E-state index in [-0.39, 0.29) is 5.41 Å². The summed E-state index contributed by atoms with van der Waals surface area (Å²) in [4.78, 5) is 2.43. The van der Waals surface area contributed by atoms with E-state index >= 15 is 0 Å². The van der Waals surface area contributed by atoms with Crippen LogP contribution in [0, 0.1) is 0 Å². The zero-order valence-corrected chi connectivity index (χ0v) is 32.2. The van der Waals surface area contributed by atoms with Crippen LogP contribution in [0.3, 0.4) is 0 Å². The highest BCUT2D eigenvalue weighted by atomic mass is 15.1. The van der Waals surface area contributed by atoms with Crippen molar-refractivity contribution in [1.82, 2.24) is 0 Å². The Bertz CT molecular complexity index is 2940. The Morgan fingerprint density at radius 2 is 0.877 bits per heavy atom. The number of hydrogen-bond donors (Lipinski definition) is 0. The fraction of sp³-hybridized carbons (Fsp3) is 0.0714. The summed E-state index contributed by atoms with van der Waals surface area (Å²) in [5, 5.41) is 2.44. The molecule has 1 heteroatoms. The maximum atomic E-state index is 2.43. The van der Waals surface area contributed by atoms with Gasteiger partial charge in [-0.25, -0.2) is 0 Å². The van der Waals surface area contributed by atoms with Gasteiger partial charge in [0.05, 0.1) is 11.1 Å². The van der Waals surface area contributed by atoms with Crippen LogP contribution in [0.1, 0.15) is 47.2 Å². The maximum Gasteiger partial charge on any atom is 0.0719 e. The third-order valence-corrected chi connectivity index (χ3v) is 12.7. The molecule has 0 atom stereocenters. The van der Waals surface area contributed by atoms with Gasteiger partial charge in [0.15, 0.2) is 0 Å². The summed E-state index contributed by atoms with van der Waals surface area (Å²) in [7, 11) is 0. The summed E-state index contributed by atoms with van der Waals surface area (Å²) >= 11 is 0. The SMILES string of the molecule is CC1(C)c2ccccc2C2(c3ccccc3-c3ccccc32)c2cccc(-c3cccc(N(c4ccc(-c5ccccc5)cc4)c4cccc5ccccc45)c3)c21. The molecule has 1 nitrogen and oxygen atoms in total. The molecule has 9 aromatic rings. The summed E-state index contributed by atoms with van der Waals surface area (Å²) in [6.45, 7) is 4.85. The standard InChI is InChI=1S/C56H41N/c1-55(2)50-29-12-13-30-51(50)56(48-27-10-8-24-46(48)47-25-9-11-28-49(47)56)52-31-16-26-45(54(52)55)41-21-14-22-43(37-41)57(53-32-15-20-40-19-6-7-23-44(40)53)42-35-33-39(34-36-42)38-17-4-3-5-18-38/h3-37H,1-2H3. The summed E-state index contributed by atoms with van der Waals surface area (Å²) in [6, 6.07) is 78.6. The van der Waals surface area contributed by atoms with Gasteiger partial charge in [-0.2, -0.15) is 0 Å². The highest BCUT2D eigenvalue weighted by Gasteiger charge is 2.53. The van der Waals surface area contributed by atoms with Gasteiger partial charge in [-0.3, -0.25) is 0 Å². The molecular formula is C56H41N. The van der Waals surface area contributed by atoms with E-state index in [2.05, 4.69) is 231 Å². The van der Waals surface area contributed by atoms with Crippen molar-refractivity contribution in [3.05, 3.63) is 246 Å². The molecule has 0 radical (unpaired) electrons. The van der Waals surface area contributed by atoms with Gasteiger partial charge < -0.3 is 4.90 Å². The molecule has 0 heterocycles. The molecule has 0 saturated heterocycles. The highest BCUT2D eigenvalue weighted by molar-refractivity contribution is 5.99. The number of anilines is 3. The smallest absolute Gasteiger partial charge is 0.0719 e. The minimum Gasteiger partial charge on any atom is -0.310 e. The molecule has 0 N–H and O–H groups in total. The summed E-state index contributed by atoms with van der Waals surface area (Å²) in [6.07, 6.45) is 0. The van der Waals surface area contributed by atoms with Crippen LogP contribution in [0.5, 0.6) is 0 Å². The lowest BCUT2D eigenvalue weighted by atomic mass is 9.54. The Balaban J connectivity index is 1.14. The molecule has 1 spiro atoms. The van der Waals surface area contributed by atoms with Gasteiger partial charge in [0.25, 0.3) is 0 Å². The van der Waals surface area contributed by atoms with Crippen LogP contribution in [-0.2, 0) is 10.8 Å². The van der Waals surface area contributed by atoms with Crippen molar-refractivity contribution in [2.45, 2.75) is 24.7 Å². The lowest BCUT2D eigenvalue weighted by Crippen LogP contribution is -2.41. The van der Waals surface area contributed by atoms with Crippen LogP contribution < -0.4 is 4.90 Å². The average molecular weight is 728 g/mol. The van der Waals surface area contributed by atoms with E-state index in [1.807, 2.05) is 0 Å². The van der Waals surface area contributed by atoms with Gasteiger partial charge in [-0.05, 0) is 102 Å². The first kappa shape index (κ1) is 33.4. The van der Waals surface area contributed by atoms with Crippen LogP contribution in [0.2, 0.25) is 0 Å². The van der Waals surface area contributed by atoms with E-state index in [1.54, 1.807) is 0 Å². The third-order valence-electron chi connectivity index (χ3n) is 12.7. The molecular weight excluding hydrogens is 687 g/mol. The molecule has 0 unspecified atom stereocenters. The molecule has 270 valence electrons. The topological polar surface area (TPSA) is 3.24 Å². The maximum absolute atomic E-state index is 2.43. The van der Waals surface area contributed by atoms with E-state index in [1.165, 1.54) is 77.5 Å². The summed E-state index contributed by atoms with van der Waals surface area (Å²) in [5.41, 5.74) is 18.5. The Morgan fingerprint density at radius 3 is 1.63 bits per heavy atom. The predicted molar refractivity (Wildman–Crippen MR) is 239 cm³/mol. The third kappa shape index (κ3) is 4.89. The molecule has 0 aliphatic heterocycles. The summed E-state index contributed by atoms with van der Waals surface area (Å²) in [5.74, 6) is 0. The molecule has 9 aromatic carbocycles. The van der Waals surface area contributed by atoms with Crippen LogP contribution in [-0.4, -0.2) is 0 Å². The van der Waals surface area contributed by atoms with Crippen LogP contribution in [0.15, 0.2) is 212 Å². The Kier molecular flexibility index (Phi) is 7.50. The van der Waals surface area contributed by atoms with E-state index in [4.69, 9.17) is 0 Å². The molecule has 0 amide bonds. The minimum atomic E-state index is -0.433. The van der Waals surface area contributed by atoms with Crippen LogP contribution in [0.25, 0.3) is 44.2 Å². The van der Waals surface area contributed by atoms with E-state index in [0.717, 1.165) is 17.1 Å². The Labute approximate surface area is 335 Å². The van der Waals surface area contributed by atoms with Crippen molar-refractivity contribution in [1.29, 1.82) is 0 Å². The van der Waals surface area contributed by atoms with Gasteiger partial charge >= 0.3 is 0 Å². The van der Waals surface area contributed by atoms with Gasteiger partial charge in [0.1, 0.15) is 0 Å². The first-order valence-corrected chi connectivity index (χ1v) is 20.0. The van der Waals surface area contributed by atoms with Crippen molar-refractivity contribution in [2.75, 3.05) is 4.90 Å². The first-order valence-electron chi connectivity index (χ1n) is 20.0. The fourth-order valence-corrected chi connectivity index (χ4v) is 10.3.